The van der Waals surface area contributed by atoms with Gasteiger partial charge in [0.15, 0.2) is 0 Å². The summed E-state index contributed by atoms with van der Waals surface area (Å²) in [7, 11) is 3.27. The molecule has 0 spiro atoms. The molecule has 2 rings (SSSR count). The number of nitrogens with one attached hydrogen (secondary N) is 1. The molecule has 0 aliphatic heterocycles. The van der Waals surface area contributed by atoms with Crippen molar-refractivity contribution in [2.75, 3.05) is 32.6 Å². The van der Waals surface area contributed by atoms with Crippen molar-refractivity contribution >= 4 is 29.1 Å². The van der Waals surface area contributed by atoms with Crippen LogP contribution in [0.15, 0.2) is 48.5 Å². The molecule has 156 valence electrons. The number of benzene rings is 2. The van der Waals surface area contributed by atoms with Crippen molar-refractivity contribution < 1.29 is 14.3 Å². The van der Waals surface area contributed by atoms with Gasteiger partial charge in [-0.3, -0.25) is 14.5 Å². The molecule has 0 heterocycles. The molecule has 2 amide bonds. The number of amides is 2. The number of hydrogen-bond donors (Lipinski definition) is 1. The van der Waals surface area contributed by atoms with Crippen LogP contribution >= 0.6 is 11.6 Å². The highest BCUT2D eigenvalue weighted by Crippen LogP contribution is 2.27. The first-order valence-corrected chi connectivity index (χ1v) is 9.83. The van der Waals surface area contributed by atoms with Gasteiger partial charge in [-0.2, -0.15) is 0 Å². The van der Waals surface area contributed by atoms with Crippen molar-refractivity contribution in [2.24, 2.45) is 0 Å². The standard InChI is InChI=1S/C22H28ClN3O3/c1-16(2)26(13-17-8-6-5-7-9-17)22(28)15-25(3)14-21(27)24-19-12-18(23)10-11-20(19)29-4/h5-12,16H,13-15H2,1-4H3,(H,24,27). The number of ether oxygens (including phenoxy) is 1. The Labute approximate surface area is 177 Å². The number of halogens is 1. The Morgan fingerprint density at radius 1 is 1.10 bits per heavy atom. The van der Waals surface area contributed by atoms with Gasteiger partial charge in [-0.1, -0.05) is 41.9 Å². The lowest BCUT2D eigenvalue weighted by Crippen LogP contribution is -2.44. The second-order valence-corrected chi connectivity index (χ2v) is 7.60. The predicted octanol–water partition coefficient (Wildman–Crippen LogP) is 3.66. The number of methoxy groups -OCH3 is 1. The van der Waals surface area contributed by atoms with Crippen LogP contribution in [-0.2, 0) is 16.1 Å². The summed E-state index contributed by atoms with van der Waals surface area (Å²) >= 11 is 6.00. The molecule has 2 aromatic rings. The molecule has 0 saturated heterocycles. The van der Waals surface area contributed by atoms with E-state index in [2.05, 4.69) is 5.32 Å². The van der Waals surface area contributed by atoms with Gasteiger partial charge in [0.05, 0.1) is 25.9 Å². The summed E-state index contributed by atoms with van der Waals surface area (Å²) < 4.78 is 5.24. The quantitative estimate of drug-likeness (QED) is 0.676. The van der Waals surface area contributed by atoms with E-state index in [1.807, 2.05) is 49.1 Å². The van der Waals surface area contributed by atoms with E-state index in [0.29, 0.717) is 23.0 Å². The summed E-state index contributed by atoms with van der Waals surface area (Å²) in [5.74, 6) is 0.245. The van der Waals surface area contributed by atoms with E-state index in [4.69, 9.17) is 16.3 Å². The van der Waals surface area contributed by atoms with Gasteiger partial charge in [0, 0.05) is 17.6 Å². The van der Waals surface area contributed by atoms with Gasteiger partial charge in [0.1, 0.15) is 5.75 Å². The molecule has 0 bridgehead atoms. The lowest BCUT2D eigenvalue weighted by atomic mass is 10.2. The number of rotatable bonds is 9. The van der Waals surface area contributed by atoms with Crippen LogP contribution in [0.1, 0.15) is 19.4 Å². The Bertz CT molecular complexity index is 827. The molecule has 0 aliphatic rings. The number of carbonyl (C=O) groups is 2. The molecule has 0 atom stereocenters. The van der Waals surface area contributed by atoms with E-state index in [9.17, 15) is 9.59 Å². The van der Waals surface area contributed by atoms with Gasteiger partial charge in [-0.15, -0.1) is 0 Å². The van der Waals surface area contributed by atoms with Crippen molar-refractivity contribution in [3.8, 4) is 5.75 Å². The van der Waals surface area contributed by atoms with Gasteiger partial charge in [-0.05, 0) is 44.7 Å². The van der Waals surface area contributed by atoms with E-state index in [1.165, 1.54) is 7.11 Å². The maximum absolute atomic E-state index is 12.8. The zero-order valence-electron chi connectivity index (χ0n) is 17.3. The number of carbonyl (C=O) groups excluding carboxylic acids is 2. The first-order valence-electron chi connectivity index (χ1n) is 9.45. The van der Waals surface area contributed by atoms with Crippen molar-refractivity contribution in [2.45, 2.75) is 26.4 Å². The third-order valence-electron chi connectivity index (χ3n) is 4.39. The van der Waals surface area contributed by atoms with Crippen molar-refractivity contribution in [1.29, 1.82) is 0 Å². The third-order valence-corrected chi connectivity index (χ3v) is 4.63. The molecule has 29 heavy (non-hydrogen) atoms. The maximum Gasteiger partial charge on any atom is 0.238 e. The molecule has 0 aromatic heterocycles. The van der Waals surface area contributed by atoms with Crippen molar-refractivity contribution in [3.05, 3.63) is 59.1 Å². The van der Waals surface area contributed by atoms with Gasteiger partial charge < -0.3 is 15.0 Å². The fourth-order valence-electron chi connectivity index (χ4n) is 2.93. The fraction of sp³-hybridized carbons (Fsp3) is 0.364. The van der Waals surface area contributed by atoms with E-state index < -0.39 is 0 Å². The molecule has 0 unspecified atom stereocenters. The Balaban J connectivity index is 1.94. The molecule has 0 fully saturated rings. The van der Waals surface area contributed by atoms with E-state index in [1.54, 1.807) is 30.1 Å². The molecule has 7 heteroatoms. The van der Waals surface area contributed by atoms with Crippen molar-refractivity contribution in [1.82, 2.24) is 9.80 Å². The van der Waals surface area contributed by atoms with Gasteiger partial charge in [0.2, 0.25) is 11.8 Å². The van der Waals surface area contributed by atoms with Crippen LogP contribution in [0, 0.1) is 0 Å². The first-order chi connectivity index (χ1) is 13.8. The fourth-order valence-corrected chi connectivity index (χ4v) is 3.10. The summed E-state index contributed by atoms with van der Waals surface area (Å²) in [5, 5.41) is 3.28. The van der Waals surface area contributed by atoms with Gasteiger partial charge in [0.25, 0.3) is 0 Å². The van der Waals surface area contributed by atoms with E-state index in [0.717, 1.165) is 5.56 Å². The highest BCUT2D eigenvalue weighted by atomic mass is 35.5. The Hall–Kier alpha value is -2.57. The second-order valence-electron chi connectivity index (χ2n) is 7.17. The van der Waals surface area contributed by atoms with E-state index in [-0.39, 0.29) is 30.9 Å². The van der Waals surface area contributed by atoms with Gasteiger partial charge >= 0.3 is 0 Å². The number of nitrogens with zero attached hydrogens (tertiary/aromatic N) is 2. The minimum Gasteiger partial charge on any atom is -0.495 e. The lowest BCUT2D eigenvalue weighted by molar-refractivity contribution is -0.134. The zero-order valence-corrected chi connectivity index (χ0v) is 18.1. The summed E-state index contributed by atoms with van der Waals surface area (Å²) in [5.41, 5.74) is 1.57. The largest absolute Gasteiger partial charge is 0.495 e. The summed E-state index contributed by atoms with van der Waals surface area (Å²) in [4.78, 5) is 28.7. The zero-order chi connectivity index (χ0) is 21.4. The summed E-state index contributed by atoms with van der Waals surface area (Å²) in [6.07, 6.45) is 0. The molecular weight excluding hydrogens is 390 g/mol. The average molecular weight is 418 g/mol. The van der Waals surface area contributed by atoms with Crippen LogP contribution in [0.25, 0.3) is 0 Å². The highest BCUT2D eigenvalue weighted by molar-refractivity contribution is 6.31. The second kappa shape index (κ2) is 10.8. The molecule has 0 radical (unpaired) electrons. The molecule has 6 nitrogen and oxygen atoms in total. The Morgan fingerprint density at radius 3 is 2.41 bits per heavy atom. The topological polar surface area (TPSA) is 61.9 Å². The normalized spacial score (nSPS) is 10.9. The lowest BCUT2D eigenvalue weighted by Gasteiger charge is -2.29. The van der Waals surface area contributed by atoms with Crippen LogP contribution in [-0.4, -0.2) is 54.9 Å². The third kappa shape index (κ3) is 7.07. The minimum atomic E-state index is -0.250. The predicted molar refractivity (Wildman–Crippen MR) is 116 cm³/mol. The van der Waals surface area contributed by atoms with Crippen LogP contribution < -0.4 is 10.1 Å². The number of hydrogen-bond acceptors (Lipinski definition) is 4. The number of anilines is 1. The van der Waals surface area contributed by atoms with Crippen LogP contribution in [0.2, 0.25) is 5.02 Å². The van der Waals surface area contributed by atoms with E-state index >= 15 is 0 Å². The monoisotopic (exact) mass is 417 g/mol. The van der Waals surface area contributed by atoms with Crippen molar-refractivity contribution in [3.63, 3.8) is 0 Å². The smallest absolute Gasteiger partial charge is 0.238 e. The number of likely N-dealkylation sites (N-methyl/N-ethyl adjacent to an activating group) is 1. The SMILES string of the molecule is COc1ccc(Cl)cc1NC(=O)CN(C)CC(=O)N(Cc1ccccc1)C(C)C. The minimum absolute atomic E-state index is 0.0283. The van der Waals surface area contributed by atoms with Crippen LogP contribution in [0.4, 0.5) is 5.69 Å². The van der Waals surface area contributed by atoms with Crippen LogP contribution in [0.5, 0.6) is 5.75 Å². The molecule has 0 saturated carbocycles. The maximum atomic E-state index is 12.8. The van der Waals surface area contributed by atoms with Crippen LogP contribution in [0.3, 0.4) is 0 Å². The first kappa shape index (κ1) is 22.7. The Kier molecular flexibility index (Phi) is 8.49. The molecule has 0 aliphatic carbocycles. The summed E-state index contributed by atoms with van der Waals surface area (Å²) in [6.45, 7) is 4.72. The van der Waals surface area contributed by atoms with Gasteiger partial charge in [-0.25, -0.2) is 0 Å². The molecule has 1 N–H and O–H groups in total. The molecule has 2 aromatic carbocycles. The summed E-state index contributed by atoms with van der Waals surface area (Å²) in [6, 6.07) is 14.9. The average Bonchev–Trinajstić information content (AvgIpc) is 2.66. The Morgan fingerprint density at radius 2 is 1.79 bits per heavy atom. The molecular formula is C22H28ClN3O3. The highest BCUT2D eigenvalue weighted by Gasteiger charge is 2.20.